The molecular weight excluding hydrogens is 295 g/mol. The molecule has 126 valence electrons. The molecule has 3 rings (SSSR count). The van der Waals surface area contributed by atoms with Crippen molar-refractivity contribution in [2.75, 3.05) is 19.6 Å². The average molecular weight is 320 g/mol. The zero-order chi connectivity index (χ0) is 16.2. The van der Waals surface area contributed by atoms with Gasteiger partial charge in [-0.3, -0.25) is 4.79 Å². The van der Waals surface area contributed by atoms with E-state index in [0.29, 0.717) is 12.5 Å². The van der Waals surface area contributed by atoms with Crippen LogP contribution >= 0.6 is 0 Å². The first-order chi connectivity index (χ1) is 11.2. The first kappa shape index (κ1) is 16.4. The lowest BCUT2D eigenvalue weighted by Crippen LogP contribution is -2.50. The van der Waals surface area contributed by atoms with Gasteiger partial charge in [-0.1, -0.05) is 19.1 Å². The van der Waals surface area contributed by atoms with Gasteiger partial charge in [0.15, 0.2) is 0 Å². The molecule has 0 bridgehead atoms. The number of benzene rings is 1. The van der Waals surface area contributed by atoms with Crippen LogP contribution in [0.15, 0.2) is 24.3 Å². The van der Waals surface area contributed by atoms with Gasteiger partial charge < -0.3 is 10.2 Å². The second kappa shape index (κ2) is 7.38. The minimum Gasteiger partial charge on any atom is -0.337 e. The van der Waals surface area contributed by atoms with Crippen molar-refractivity contribution in [1.29, 1.82) is 0 Å². The van der Waals surface area contributed by atoms with E-state index in [-0.39, 0.29) is 23.8 Å². The highest BCUT2D eigenvalue weighted by Crippen LogP contribution is 2.24. The number of carbonyl (C=O) groups excluding carboxylic acids is 1. The summed E-state index contributed by atoms with van der Waals surface area (Å²) in [7, 11) is 0. The SMILES string of the molecule is CCCN(C(=O)C1CC(c2ccc(F)cc2)NN1)C1CCNC1. The summed E-state index contributed by atoms with van der Waals surface area (Å²) >= 11 is 0. The summed E-state index contributed by atoms with van der Waals surface area (Å²) in [6.45, 7) is 4.76. The molecule has 2 aliphatic rings. The molecule has 3 unspecified atom stereocenters. The van der Waals surface area contributed by atoms with Crippen molar-refractivity contribution in [1.82, 2.24) is 21.1 Å². The Balaban J connectivity index is 1.64. The number of rotatable bonds is 5. The summed E-state index contributed by atoms with van der Waals surface area (Å²) in [6, 6.07) is 6.57. The molecule has 2 saturated heterocycles. The largest absolute Gasteiger partial charge is 0.337 e. The van der Waals surface area contributed by atoms with Crippen molar-refractivity contribution in [2.24, 2.45) is 0 Å². The summed E-state index contributed by atoms with van der Waals surface area (Å²) in [4.78, 5) is 14.9. The van der Waals surface area contributed by atoms with Gasteiger partial charge in [0.25, 0.3) is 0 Å². The van der Waals surface area contributed by atoms with Gasteiger partial charge in [0.1, 0.15) is 11.9 Å². The summed E-state index contributed by atoms with van der Waals surface area (Å²) in [5.74, 6) is -0.0761. The van der Waals surface area contributed by atoms with E-state index in [4.69, 9.17) is 0 Å². The molecule has 2 heterocycles. The molecule has 3 N–H and O–H groups in total. The summed E-state index contributed by atoms with van der Waals surface area (Å²) in [5.41, 5.74) is 7.30. The number of nitrogens with one attached hydrogen (secondary N) is 3. The second-order valence-corrected chi connectivity index (χ2v) is 6.36. The van der Waals surface area contributed by atoms with Crippen LogP contribution in [0.1, 0.15) is 37.8 Å². The molecule has 6 heteroatoms. The Hall–Kier alpha value is -1.50. The summed E-state index contributed by atoms with van der Waals surface area (Å²) < 4.78 is 13.0. The van der Waals surface area contributed by atoms with Crippen LogP contribution in [-0.4, -0.2) is 42.5 Å². The lowest BCUT2D eigenvalue weighted by Gasteiger charge is -2.30. The van der Waals surface area contributed by atoms with E-state index in [9.17, 15) is 9.18 Å². The van der Waals surface area contributed by atoms with Crippen LogP contribution in [-0.2, 0) is 4.79 Å². The van der Waals surface area contributed by atoms with Gasteiger partial charge in [-0.25, -0.2) is 15.2 Å². The third-order valence-electron chi connectivity index (χ3n) is 4.70. The molecule has 0 spiro atoms. The number of amides is 1. The fourth-order valence-corrected chi connectivity index (χ4v) is 3.45. The summed E-state index contributed by atoms with van der Waals surface area (Å²) in [5, 5.41) is 3.33. The number of hydrogen-bond donors (Lipinski definition) is 3. The molecule has 0 saturated carbocycles. The van der Waals surface area contributed by atoms with Crippen LogP contribution < -0.4 is 16.2 Å². The van der Waals surface area contributed by atoms with Crippen LogP contribution in [0, 0.1) is 5.82 Å². The topological polar surface area (TPSA) is 56.4 Å². The average Bonchev–Trinajstić information content (AvgIpc) is 3.24. The molecule has 0 aliphatic carbocycles. The number of nitrogens with zero attached hydrogens (tertiary/aromatic N) is 1. The Morgan fingerprint density at radius 1 is 1.30 bits per heavy atom. The number of halogens is 1. The molecule has 23 heavy (non-hydrogen) atoms. The van der Waals surface area contributed by atoms with Crippen molar-refractivity contribution >= 4 is 5.91 Å². The second-order valence-electron chi connectivity index (χ2n) is 6.36. The molecule has 2 aliphatic heterocycles. The molecule has 1 amide bonds. The van der Waals surface area contributed by atoms with Crippen LogP contribution in [0.3, 0.4) is 0 Å². The molecule has 0 aromatic heterocycles. The van der Waals surface area contributed by atoms with Gasteiger partial charge in [0.05, 0.1) is 0 Å². The fraction of sp³-hybridized carbons (Fsp3) is 0.588. The van der Waals surface area contributed by atoms with Gasteiger partial charge in [-0.2, -0.15) is 0 Å². The Labute approximate surface area is 136 Å². The Morgan fingerprint density at radius 2 is 2.09 bits per heavy atom. The maximum absolute atomic E-state index is 13.0. The Morgan fingerprint density at radius 3 is 2.74 bits per heavy atom. The molecular formula is C17H25FN4O. The molecule has 1 aromatic rings. The van der Waals surface area contributed by atoms with Crippen molar-refractivity contribution in [3.63, 3.8) is 0 Å². The molecule has 3 atom stereocenters. The molecule has 1 aromatic carbocycles. The van der Waals surface area contributed by atoms with Gasteiger partial charge >= 0.3 is 0 Å². The van der Waals surface area contributed by atoms with E-state index in [1.54, 1.807) is 12.1 Å². The first-order valence-corrected chi connectivity index (χ1v) is 8.46. The highest BCUT2D eigenvalue weighted by Gasteiger charge is 2.35. The zero-order valence-electron chi connectivity index (χ0n) is 13.5. The fourth-order valence-electron chi connectivity index (χ4n) is 3.45. The lowest BCUT2D eigenvalue weighted by molar-refractivity contribution is -0.135. The number of hydrogen-bond acceptors (Lipinski definition) is 4. The monoisotopic (exact) mass is 320 g/mol. The van der Waals surface area contributed by atoms with E-state index in [0.717, 1.165) is 38.0 Å². The highest BCUT2D eigenvalue weighted by atomic mass is 19.1. The van der Waals surface area contributed by atoms with E-state index in [1.165, 1.54) is 12.1 Å². The summed E-state index contributed by atoms with van der Waals surface area (Å²) in [6.07, 6.45) is 2.67. The predicted molar refractivity (Wildman–Crippen MR) is 87.1 cm³/mol. The van der Waals surface area contributed by atoms with Gasteiger partial charge in [-0.15, -0.1) is 0 Å². The lowest BCUT2D eigenvalue weighted by atomic mass is 10.0. The molecule has 5 nitrogen and oxygen atoms in total. The molecule has 0 radical (unpaired) electrons. The maximum Gasteiger partial charge on any atom is 0.241 e. The van der Waals surface area contributed by atoms with Crippen LogP contribution in [0.25, 0.3) is 0 Å². The van der Waals surface area contributed by atoms with Gasteiger partial charge in [0, 0.05) is 25.2 Å². The van der Waals surface area contributed by atoms with Crippen LogP contribution in [0.4, 0.5) is 4.39 Å². The van der Waals surface area contributed by atoms with E-state index in [2.05, 4.69) is 23.1 Å². The van der Waals surface area contributed by atoms with E-state index >= 15 is 0 Å². The Bertz CT molecular complexity index is 530. The number of carbonyl (C=O) groups is 1. The van der Waals surface area contributed by atoms with Gasteiger partial charge in [0.2, 0.25) is 5.91 Å². The minimum absolute atomic E-state index is 0.0368. The van der Waals surface area contributed by atoms with Crippen LogP contribution in [0.5, 0.6) is 0 Å². The minimum atomic E-state index is -0.241. The van der Waals surface area contributed by atoms with Crippen LogP contribution in [0.2, 0.25) is 0 Å². The maximum atomic E-state index is 13.0. The van der Waals surface area contributed by atoms with Crippen molar-refractivity contribution < 1.29 is 9.18 Å². The molecule has 2 fully saturated rings. The van der Waals surface area contributed by atoms with Crippen molar-refractivity contribution in [2.45, 2.75) is 44.3 Å². The van der Waals surface area contributed by atoms with E-state index < -0.39 is 0 Å². The smallest absolute Gasteiger partial charge is 0.241 e. The zero-order valence-corrected chi connectivity index (χ0v) is 13.5. The third-order valence-corrected chi connectivity index (χ3v) is 4.70. The third kappa shape index (κ3) is 3.71. The first-order valence-electron chi connectivity index (χ1n) is 8.46. The number of hydrazine groups is 1. The van der Waals surface area contributed by atoms with Crippen molar-refractivity contribution in [3.8, 4) is 0 Å². The standard InChI is InChI=1S/C17H25FN4O/c1-2-9-22(14-7-8-19-11-14)17(23)16-10-15(20-21-16)12-3-5-13(18)6-4-12/h3-6,14-16,19-21H,2,7-11H2,1H3. The normalized spacial score (nSPS) is 27.3. The van der Waals surface area contributed by atoms with E-state index in [1.807, 2.05) is 4.90 Å². The quantitative estimate of drug-likeness (QED) is 0.766. The highest BCUT2D eigenvalue weighted by molar-refractivity contribution is 5.82. The predicted octanol–water partition coefficient (Wildman–Crippen LogP) is 1.33. The Kier molecular flexibility index (Phi) is 5.25. The van der Waals surface area contributed by atoms with Gasteiger partial charge in [-0.05, 0) is 43.5 Å². The van der Waals surface area contributed by atoms with Crippen molar-refractivity contribution in [3.05, 3.63) is 35.6 Å².